The zero-order valence-corrected chi connectivity index (χ0v) is 14.6. The van der Waals surface area contributed by atoms with Crippen LogP contribution < -0.4 is 10.0 Å². The highest BCUT2D eigenvalue weighted by Gasteiger charge is 2.19. The Bertz CT molecular complexity index is 331. The van der Waals surface area contributed by atoms with Gasteiger partial charge < -0.3 is 5.32 Å². The van der Waals surface area contributed by atoms with E-state index in [1.54, 1.807) is 0 Å². The summed E-state index contributed by atoms with van der Waals surface area (Å²) in [5.74, 6) is 0. The minimum Gasteiger partial charge on any atom is -0.311 e. The van der Waals surface area contributed by atoms with E-state index in [0.29, 0.717) is 6.54 Å². The summed E-state index contributed by atoms with van der Waals surface area (Å²) < 4.78 is 24.4. The van der Waals surface area contributed by atoms with Crippen molar-refractivity contribution in [2.75, 3.05) is 19.3 Å². The Morgan fingerprint density at radius 2 is 1.60 bits per heavy atom. The number of hydrogen-bond donors (Lipinski definition) is 2. The Morgan fingerprint density at radius 1 is 0.950 bits per heavy atom. The third kappa shape index (κ3) is 11.7. The number of unbranched alkanes of at least 4 members (excludes halogenated alkanes) is 4. The van der Waals surface area contributed by atoms with Gasteiger partial charge in [-0.15, -0.1) is 0 Å². The zero-order valence-electron chi connectivity index (χ0n) is 13.8. The summed E-state index contributed by atoms with van der Waals surface area (Å²) in [5.41, 5.74) is 0.192. The first-order valence-corrected chi connectivity index (χ1v) is 9.92. The van der Waals surface area contributed by atoms with Crippen LogP contribution in [0.2, 0.25) is 0 Å². The Labute approximate surface area is 126 Å². The first-order valence-electron chi connectivity index (χ1n) is 8.02. The van der Waals surface area contributed by atoms with Crippen molar-refractivity contribution in [1.29, 1.82) is 0 Å². The molecule has 0 aliphatic heterocycles. The van der Waals surface area contributed by atoms with E-state index in [2.05, 4.69) is 30.8 Å². The second kappa shape index (κ2) is 10.6. The van der Waals surface area contributed by atoms with Gasteiger partial charge >= 0.3 is 0 Å². The van der Waals surface area contributed by atoms with Gasteiger partial charge in [0.25, 0.3) is 0 Å². The SMILES string of the molecule is CCCCCCCC(C)(CC)NCCCNS(C)(=O)=O. The molecule has 0 spiro atoms. The molecule has 1 unspecified atom stereocenters. The summed E-state index contributed by atoms with van der Waals surface area (Å²) in [5, 5.41) is 3.59. The van der Waals surface area contributed by atoms with Crippen LogP contribution in [0.3, 0.4) is 0 Å². The molecule has 0 aromatic carbocycles. The van der Waals surface area contributed by atoms with Gasteiger partial charge in [-0.3, -0.25) is 0 Å². The number of rotatable bonds is 13. The van der Waals surface area contributed by atoms with Crippen molar-refractivity contribution in [2.24, 2.45) is 0 Å². The molecule has 1 atom stereocenters. The van der Waals surface area contributed by atoms with Gasteiger partial charge in [-0.25, -0.2) is 13.1 Å². The molecule has 0 aromatic rings. The molecule has 0 rings (SSSR count). The standard InChI is InChI=1S/C15H34N2O2S/c1-5-7-8-9-10-12-15(3,6-2)16-13-11-14-17-20(4,18)19/h16-17H,5-14H2,1-4H3. The van der Waals surface area contributed by atoms with E-state index in [4.69, 9.17) is 0 Å². The highest BCUT2D eigenvalue weighted by molar-refractivity contribution is 7.88. The van der Waals surface area contributed by atoms with Gasteiger partial charge in [-0.1, -0.05) is 46.0 Å². The number of sulfonamides is 1. The van der Waals surface area contributed by atoms with E-state index >= 15 is 0 Å². The van der Waals surface area contributed by atoms with Crippen molar-refractivity contribution < 1.29 is 8.42 Å². The fraction of sp³-hybridized carbons (Fsp3) is 1.00. The van der Waals surface area contributed by atoms with Gasteiger partial charge in [0.15, 0.2) is 0 Å². The monoisotopic (exact) mass is 306 g/mol. The summed E-state index contributed by atoms with van der Waals surface area (Å²) in [7, 11) is -3.05. The van der Waals surface area contributed by atoms with E-state index in [1.807, 2.05) is 0 Å². The normalized spacial score (nSPS) is 15.2. The van der Waals surface area contributed by atoms with Crippen molar-refractivity contribution in [3.05, 3.63) is 0 Å². The first kappa shape index (κ1) is 19.9. The smallest absolute Gasteiger partial charge is 0.208 e. The molecular weight excluding hydrogens is 272 g/mol. The minimum absolute atomic E-state index is 0.192. The highest BCUT2D eigenvalue weighted by Crippen LogP contribution is 2.19. The molecule has 0 amide bonds. The fourth-order valence-corrected chi connectivity index (χ4v) is 2.76. The van der Waals surface area contributed by atoms with Crippen molar-refractivity contribution >= 4 is 10.0 Å². The lowest BCUT2D eigenvalue weighted by Crippen LogP contribution is -2.43. The van der Waals surface area contributed by atoms with Crippen molar-refractivity contribution in [3.63, 3.8) is 0 Å². The van der Waals surface area contributed by atoms with Gasteiger partial charge in [-0.2, -0.15) is 0 Å². The third-order valence-electron chi connectivity index (χ3n) is 3.88. The highest BCUT2D eigenvalue weighted by atomic mass is 32.2. The summed E-state index contributed by atoms with van der Waals surface area (Å²) in [6, 6.07) is 0. The maximum atomic E-state index is 10.9. The van der Waals surface area contributed by atoms with Crippen molar-refractivity contribution in [1.82, 2.24) is 10.0 Å². The predicted octanol–water partition coefficient (Wildman–Crippen LogP) is 3.04. The molecule has 0 fully saturated rings. The molecule has 0 aliphatic carbocycles. The molecule has 122 valence electrons. The lowest BCUT2D eigenvalue weighted by Gasteiger charge is -2.30. The number of hydrogen-bond acceptors (Lipinski definition) is 3. The van der Waals surface area contributed by atoms with Crippen LogP contribution >= 0.6 is 0 Å². The van der Waals surface area contributed by atoms with Crippen LogP contribution in [0.4, 0.5) is 0 Å². The number of nitrogens with one attached hydrogen (secondary N) is 2. The molecule has 0 heterocycles. The summed E-state index contributed by atoms with van der Waals surface area (Å²) in [6.07, 6.45) is 10.9. The minimum atomic E-state index is -3.05. The maximum Gasteiger partial charge on any atom is 0.208 e. The maximum absolute atomic E-state index is 10.9. The molecule has 2 N–H and O–H groups in total. The van der Waals surface area contributed by atoms with E-state index in [9.17, 15) is 8.42 Å². The Hall–Kier alpha value is -0.130. The lowest BCUT2D eigenvalue weighted by atomic mass is 9.91. The van der Waals surface area contributed by atoms with Crippen molar-refractivity contribution in [2.45, 2.75) is 77.7 Å². The molecule has 4 nitrogen and oxygen atoms in total. The molecule has 0 aliphatic rings. The van der Waals surface area contributed by atoms with E-state index in [-0.39, 0.29) is 5.54 Å². The molecule has 0 bridgehead atoms. The van der Waals surface area contributed by atoms with Crippen molar-refractivity contribution in [3.8, 4) is 0 Å². The molecule has 5 heteroatoms. The lowest BCUT2D eigenvalue weighted by molar-refractivity contribution is 0.307. The molecule has 0 aromatic heterocycles. The fourth-order valence-electron chi connectivity index (χ4n) is 2.25. The summed E-state index contributed by atoms with van der Waals surface area (Å²) >= 11 is 0. The topological polar surface area (TPSA) is 58.2 Å². The van der Waals surface area contributed by atoms with E-state index in [1.165, 1.54) is 44.8 Å². The average molecular weight is 307 g/mol. The van der Waals surface area contributed by atoms with Gasteiger partial charge in [0.1, 0.15) is 0 Å². The largest absolute Gasteiger partial charge is 0.311 e. The molecule has 0 radical (unpaired) electrons. The van der Waals surface area contributed by atoms with Gasteiger partial charge in [-0.05, 0) is 32.7 Å². The summed E-state index contributed by atoms with van der Waals surface area (Å²) in [4.78, 5) is 0. The first-order chi connectivity index (χ1) is 9.33. The van der Waals surface area contributed by atoms with E-state index in [0.717, 1.165) is 19.4 Å². The molecular formula is C15H34N2O2S. The van der Waals surface area contributed by atoms with Crippen LogP contribution in [0.5, 0.6) is 0 Å². The van der Waals surface area contributed by atoms with Crippen LogP contribution in [0.15, 0.2) is 0 Å². The predicted molar refractivity (Wildman–Crippen MR) is 87.5 cm³/mol. The second-order valence-corrected chi connectivity index (χ2v) is 7.86. The van der Waals surface area contributed by atoms with Gasteiger partial charge in [0.05, 0.1) is 6.26 Å². The molecule has 0 saturated carbocycles. The Balaban J connectivity index is 3.76. The van der Waals surface area contributed by atoms with Gasteiger partial charge in [0.2, 0.25) is 10.0 Å². The molecule has 20 heavy (non-hydrogen) atoms. The van der Waals surface area contributed by atoms with Crippen LogP contribution in [0, 0.1) is 0 Å². The van der Waals surface area contributed by atoms with Crippen LogP contribution in [0.25, 0.3) is 0 Å². The van der Waals surface area contributed by atoms with Crippen LogP contribution in [0.1, 0.15) is 72.1 Å². The second-order valence-electron chi connectivity index (χ2n) is 6.03. The van der Waals surface area contributed by atoms with Gasteiger partial charge in [0, 0.05) is 12.1 Å². The van der Waals surface area contributed by atoms with Crippen LogP contribution in [-0.4, -0.2) is 33.3 Å². The van der Waals surface area contributed by atoms with E-state index < -0.39 is 10.0 Å². The Morgan fingerprint density at radius 3 is 2.15 bits per heavy atom. The zero-order chi connectivity index (χ0) is 15.5. The quantitative estimate of drug-likeness (QED) is 0.514. The van der Waals surface area contributed by atoms with Crippen LogP contribution in [-0.2, 0) is 10.0 Å². The Kier molecular flexibility index (Phi) is 10.5. The third-order valence-corrected chi connectivity index (χ3v) is 4.61. The average Bonchev–Trinajstić information content (AvgIpc) is 2.37. The molecule has 0 saturated heterocycles. The summed E-state index contributed by atoms with van der Waals surface area (Å²) in [6.45, 7) is 8.11.